The van der Waals surface area contributed by atoms with Gasteiger partial charge in [0, 0.05) is 0 Å². The summed E-state index contributed by atoms with van der Waals surface area (Å²) >= 11 is 0. The Morgan fingerprint density at radius 2 is 1.69 bits per heavy atom. The molecule has 2 rings (SSSR count). The Labute approximate surface area is 129 Å². The maximum Gasteiger partial charge on any atom is 3.00 e. The zero-order valence-corrected chi connectivity index (χ0v) is 12.9. The summed E-state index contributed by atoms with van der Waals surface area (Å²) in [5, 5.41) is 0. The van der Waals surface area contributed by atoms with Crippen molar-refractivity contribution < 1.29 is 51.0 Å². The van der Waals surface area contributed by atoms with E-state index in [1.54, 1.807) is 0 Å². The van der Waals surface area contributed by atoms with Crippen molar-refractivity contribution in [1.82, 2.24) is 0 Å². The molecule has 16 heavy (non-hydrogen) atoms. The van der Waals surface area contributed by atoms with Gasteiger partial charge < -0.3 is 24.8 Å². The van der Waals surface area contributed by atoms with Crippen molar-refractivity contribution in [3.05, 3.63) is 59.7 Å². The van der Waals surface area contributed by atoms with Crippen LogP contribution in [0.4, 0.5) is 0 Å². The molecule has 0 heterocycles. The van der Waals surface area contributed by atoms with Gasteiger partial charge in [-0.25, -0.2) is 11.6 Å². The molecule has 0 unspecified atom stereocenters. The van der Waals surface area contributed by atoms with E-state index < -0.39 is 0 Å². The third-order valence-electron chi connectivity index (χ3n) is 2.29. The maximum atomic E-state index is 3.33. The van der Waals surface area contributed by atoms with Gasteiger partial charge in [0.1, 0.15) is 0 Å². The van der Waals surface area contributed by atoms with E-state index in [0.29, 0.717) is 0 Å². The number of allylic oxidation sites excluding steroid dienone is 4. The van der Waals surface area contributed by atoms with Crippen LogP contribution < -0.4 is 24.8 Å². The molecule has 0 spiro atoms. The topological polar surface area (TPSA) is 0 Å². The van der Waals surface area contributed by atoms with E-state index in [9.17, 15) is 0 Å². The summed E-state index contributed by atoms with van der Waals surface area (Å²) < 4.78 is 0. The first-order valence-corrected chi connectivity index (χ1v) is 4.75. The molecule has 0 saturated heterocycles. The first kappa shape index (κ1) is 18.5. The van der Waals surface area contributed by atoms with Crippen LogP contribution in [-0.2, 0) is 32.6 Å². The first-order valence-electron chi connectivity index (χ1n) is 4.75. The van der Waals surface area contributed by atoms with Crippen LogP contribution in [0.2, 0.25) is 0 Å². The average molecular weight is 331 g/mol. The standard InChI is InChI=1S/C13H13.2ClH.Zr/c1-2-6-12(7-3-1)10-11-13-8-4-5-9-13;;;/h1-4,6-8H,5,10-11H2;2*1H;/q-1;;;+3/p-2. The van der Waals surface area contributed by atoms with Crippen LogP contribution in [0.1, 0.15) is 18.4 Å². The monoisotopic (exact) mass is 329 g/mol. The van der Waals surface area contributed by atoms with Crippen molar-refractivity contribution in [1.29, 1.82) is 0 Å². The molecule has 0 fully saturated rings. The molecule has 0 saturated carbocycles. The van der Waals surface area contributed by atoms with Crippen LogP contribution in [-0.4, -0.2) is 0 Å². The maximum absolute atomic E-state index is 3.33. The molecule has 0 aliphatic heterocycles. The molecule has 1 aromatic carbocycles. The summed E-state index contributed by atoms with van der Waals surface area (Å²) in [5.74, 6) is 0. The second-order valence-corrected chi connectivity index (χ2v) is 3.29. The summed E-state index contributed by atoms with van der Waals surface area (Å²) in [5.41, 5.74) is 2.78. The molecule has 0 N–H and O–H groups in total. The van der Waals surface area contributed by atoms with Gasteiger partial charge in [-0.15, -0.1) is 6.42 Å². The fraction of sp³-hybridized carbons (Fsp3) is 0.231. The van der Waals surface area contributed by atoms with Gasteiger partial charge in [0.2, 0.25) is 0 Å². The number of hydrogen-bond donors (Lipinski definition) is 0. The number of benzene rings is 1. The molecule has 1 aromatic rings. The summed E-state index contributed by atoms with van der Waals surface area (Å²) in [4.78, 5) is 0. The number of rotatable bonds is 3. The second kappa shape index (κ2) is 10.3. The van der Waals surface area contributed by atoms with Crippen molar-refractivity contribution in [3.8, 4) is 0 Å². The van der Waals surface area contributed by atoms with E-state index >= 15 is 0 Å². The number of aryl methyl sites for hydroxylation is 1. The number of hydrogen-bond acceptors (Lipinski definition) is 0. The predicted octanol–water partition coefficient (Wildman–Crippen LogP) is -2.69. The fourth-order valence-corrected chi connectivity index (χ4v) is 1.55. The smallest absolute Gasteiger partial charge is 1.00 e. The molecule has 0 bridgehead atoms. The largest absolute Gasteiger partial charge is 3.00 e. The van der Waals surface area contributed by atoms with Gasteiger partial charge >= 0.3 is 26.2 Å². The summed E-state index contributed by atoms with van der Waals surface area (Å²) in [6.07, 6.45) is 10.9. The Bertz CT molecular complexity index is 331. The van der Waals surface area contributed by atoms with E-state index in [1.165, 1.54) is 11.1 Å². The summed E-state index contributed by atoms with van der Waals surface area (Å²) in [6.45, 7) is 0. The Morgan fingerprint density at radius 1 is 1.00 bits per heavy atom. The molecule has 0 atom stereocenters. The molecule has 0 nitrogen and oxygen atoms in total. The molecule has 1 aliphatic carbocycles. The SMILES string of the molecule is [C-]1=C(CCc2ccccc2)C=CC1.[Cl-].[Cl-].[Zr+3]. The van der Waals surface area contributed by atoms with Crippen LogP contribution in [0.25, 0.3) is 0 Å². The fourth-order valence-electron chi connectivity index (χ4n) is 1.55. The van der Waals surface area contributed by atoms with Crippen molar-refractivity contribution in [2.24, 2.45) is 0 Å². The van der Waals surface area contributed by atoms with E-state index in [0.717, 1.165) is 19.3 Å². The van der Waals surface area contributed by atoms with Crippen molar-refractivity contribution in [2.75, 3.05) is 0 Å². The quantitative estimate of drug-likeness (QED) is 0.530. The van der Waals surface area contributed by atoms with Crippen molar-refractivity contribution in [3.63, 3.8) is 0 Å². The van der Waals surface area contributed by atoms with E-state index in [2.05, 4.69) is 48.6 Å². The van der Waals surface area contributed by atoms with E-state index in [4.69, 9.17) is 0 Å². The molecule has 83 valence electrons. The van der Waals surface area contributed by atoms with Gasteiger partial charge in [-0.2, -0.15) is 6.08 Å². The molecule has 3 heteroatoms. The molecular formula is C13H13Cl2Zr. The predicted molar refractivity (Wildman–Crippen MR) is 55.3 cm³/mol. The van der Waals surface area contributed by atoms with Gasteiger partial charge in [0.05, 0.1) is 0 Å². The molecular weight excluding hydrogens is 318 g/mol. The summed E-state index contributed by atoms with van der Waals surface area (Å²) in [7, 11) is 0. The number of halogens is 2. The van der Waals surface area contributed by atoms with Crippen LogP contribution >= 0.6 is 0 Å². The van der Waals surface area contributed by atoms with Gasteiger partial charge in [0.15, 0.2) is 0 Å². The third-order valence-corrected chi connectivity index (χ3v) is 2.29. The molecule has 0 amide bonds. The van der Waals surface area contributed by atoms with Gasteiger partial charge in [-0.3, -0.25) is 6.08 Å². The van der Waals surface area contributed by atoms with Gasteiger partial charge in [0.25, 0.3) is 0 Å². The Balaban J connectivity index is 0. The minimum absolute atomic E-state index is 0. The van der Waals surface area contributed by atoms with Crippen molar-refractivity contribution >= 4 is 0 Å². The van der Waals surface area contributed by atoms with Crippen LogP contribution in [0.15, 0.2) is 48.1 Å². The van der Waals surface area contributed by atoms with Crippen molar-refractivity contribution in [2.45, 2.75) is 19.3 Å². The van der Waals surface area contributed by atoms with E-state index in [-0.39, 0.29) is 51.0 Å². The Hall–Kier alpha value is 0.163. The first-order chi connectivity index (χ1) is 6.45. The molecule has 1 aliphatic rings. The second-order valence-electron chi connectivity index (χ2n) is 3.29. The Kier molecular flexibility index (Phi) is 12.0. The minimum atomic E-state index is 0. The average Bonchev–Trinajstić information content (AvgIpc) is 2.69. The third kappa shape index (κ3) is 6.04. The van der Waals surface area contributed by atoms with Crippen LogP contribution in [0, 0.1) is 6.08 Å². The zero-order chi connectivity index (χ0) is 8.93. The Morgan fingerprint density at radius 3 is 2.25 bits per heavy atom. The minimum Gasteiger partial charge on any atom is -1.00 e. The normalized spacial score (nSPS) is 11.9. The summed E-state index contributed by atoms with van der Waals surface area (Å²) in [6, 6.07) is 10.6. The zero-order valence-electron chi connectivity index (χ0n) is 8.92. The van der Waals surface area contributed by atoms with Gasteiger partial charge in [-0.05, 0) is 12.0 Å². The van der Waals surface area contributed by atoms with Crippen LogP contribution in [0.3, 0.4) is 0 Å². The molecule has 1 radical (unpaired) electrons. The van der Waals surface area contributed by atoms with E-state index in [1.807, 2.05) is 0 Å². The van der Waals surface area contributed by atoms with Crippen LogP contribution in [0.5, 0.6) is 0 Å². The molecule has 0 aromatic heterocycles. The van der Waals surface area contributed by atoms with Gasteiger partial charge in [-0.1, -0.05) is 36.8 Å².